The largest absolute Gasteiger partial charge is 0.497 e. The summed E-state index contributed by atoms with van der Waals surface area (Å²) in [6.07, 6.45) is 0. The number of hydrogen-bond donors (Lipinski definition) is 0. The number of pyridine rings is 1. The van der Waals surface area contributed by atoms with E-state index in [4.69, 9.17) is 9.72 Å². The van der Waals surface area contributed by atoms with Gasteiger partial charge in [-0.1, -0.05) is 37.3 Å². The van der Waals surface area contributed by atoms with Crippen molar-refractivity contribution in [3.8, 4) is 5.75 Å². The van der Waals surface area contributed by atoms with Gasteiger partial charge in [-0.2, -0.15) is 0 Å². The fourth-order valence-corrected chi connectivity index (χ4v) is 2.66. The van der Waals surface area contributed by atoms with Crippen LogP contribution in [0.2, 0.25) is 0 Å². The molecule has 1 heterocycles. The van der Waals surface area contributed by atoms with Crippen molar-refractivity contribution in [2.45, 2.75) is 19.8 Å². The van der Waals surface area contributed by atoms with Crippen LogP contribution in [0.25, 0.3) is 10.9 Å². The summed E-state index contributed by atoms with van der Waals surface area (Å²) in [5.74, 6) is 1.15. The zero-order valence-electron chi connectivity index (χ0n) is 12.6. The van der Waals surface area contributed by atoms with Gasteiger partial charge in [0, 0.05) is 17.0 Å². The molecule has 1 aromatic heterocycles. The van der Waals surface area contributed by atoms with Crippen LogP contribution in [0.5, 0.6) is 5.75 Å². The molecule has 0 radical (unpaired) electrons. The molecule has 2 heteroatoms. The van der Waals surface area contributed by atoms with E-state index in [0.29, 0.717) is 0 Å². The second-order valence-electron chi connectivity index (χ2n) is 5.38. The van der Waals surface area contributed by atoms with Gasteiger partial charge >= 0.3 is 0 Å². The number of methoxy groups -OCH3 is 1. The highest BCUT2D eigenvalue weighted by molar-refractivity contribution is 5.82. The number of ether oxygens (including phenoxy) is 1. The predicted octanol–water partition coefficient (Wildman–Crippen LogP) is 4.70. The lowest BCUT2D eigenvalue weighted by Gasteiger charge is -2.14. The van der Waals surface area contributed by atoms with E-state index in [-0.39, 0.29) is 5.92 Å². The summed E-state index contributed by atoms with van der Waals surface area (Å²) >= 11 is 0. The summed E-state index contributed by atoms with van der Waals surface area (Å²) in [4.78, 5) is 4.82. The fraction of sp³-hybridized carbons (Fsp3) is 0.211. The first-order valence-corrected chi connectivity index (χ1v) is 7.19. The topological polar surface area (TPSA) is 22.1 Å². The Kier molecular flexibility index (Phi) is 3.61. The van der Waals surface area contributed by atoms with Crippen molar-refractivity contribution in [3.05, 3.63) is 71.4 Å². The van der Waals surface area contributed by atoms with Gasteiger partial charge in [-0.25, -0.2) is 0 Å². The minimum Gasteiger partial charge on any atom is -0.497 e. The Morgan fingerprint density at radius 1 is 1.00 bits per heavy atom. The first kappa shape index (κ1) is 13.6. The number of para-hydroxylation sites is 1. The molecule has 0 N–H and O–H groups in total. The van der Waals surface area contributed by atoms with Crippen LogP contribution in [0.3, 0.4) is 0 Å². The smallest absolute Gasteiger partial charge is 0.118 e. The molecule has 1 atom stereocenters. The number of benzene rings is 2. The average molecular weight is 277 g/mol. The van der Waals surface area contributed by atoms with Gasteiger partial charge in [0.15, 0.2) is 0 Å². The molecule has 0 aliphatic carbocycles. The van der Waals surface area contributed by atoms with E-state index in [1.165, 1.54) is 16.5 Å². The summed E-state index contributed by atoms with van der Waals surface area (Å²) in [6, 6.07) is 18.7. The minimum absolute atomic E-state index is 0.263. The molecule has 3 rings (SSSR count). The van der Waals surface area contributed by atoms with E-state index in [0.717, 1.165) is 17.0 Å². The van der Waals surface area contributed by atoms with E-state index < -0.39 is 0 Å². The average Bonchev–Trinajstić information content (AvgIpc) is 2.54. The van der Waals surface area contributed by atoms with Gasteiger partial charge in [-0.05, 0) is 42.3 Å². The fourth-order valence-electron chi connectivity index (χ4n) is 2.66. The minimum atomic E-state index is 0.263. The van der Waals surface area contributed by atoms with Crippen molar-refractivity contribution in [2.24, 2.45) is 0 Å². The molecule has 0 saturated carbocycles. The van der Waals surface area contributed by atoms with Crippen LogP contribution in [0.4, 0.5) is 0 Å². The Bertz CT molecular complexity index is 762. The molecule has 21 heavy (non-hydrogen) atoms. The lowest BCUT2D eigenvalue weighted by atomic mass is 9.95. The number of hydrogen-bond acceptors (Lipinski definition) is 2. The van der Waals surface area contributed by atoms with Crippen LogP contribution in [0, 0.1) is 6.92 Å². The normalized spacial score (nSPS) is 12.3. The van der Waals surface area contributed by atoms with Gasteiger partial charge in [0.05, 0.1) is 12.6 Å². The molecule has 1 unspecified atom stereocenters. The SMILES string of the molecule is COc1ccc(C(C)c2cc(C)c3ccccc3n2)cc1. The number of fused-ring (bicyclic) bond motifs is 1. The molecule has 2 aromatic carbocycles. The molecule has 0 saturated heterocycles. The summed E-state index contributed by atoms with van der Waals surface area (Å²) < 4.78 is 5.22. The molecule has 0 spiro atoms. The summed E-state index contributed by atoms with van der Waals surface area (Å²) in [7, 11) is 1.69. The third-order valence-electron chi connectivity index (χ3n) is 4.00. The molecule has 0 aliphatic heterocycles. The first-order chi connectivity index (χ1) is 10.2. The maximum atomic E-state index is 5.22. The van der Waals surface area contributed by atoms with Crippen molar-refractivity contribution >= 4 is 10.9 Å². The molecule has 0 aliphatic rings. The van der Waals surface area contributed by atoms with Crippen LogP contribution in [0.15, 0.2) is 54.6 Å². The van der Waals surface area contributed by atoms with E-state index in [1.807, 2.05) is 18.2 Å². The summed E-state index contributed by atoms with van der Waals surface area (Å²) in [5, 5.41) is 1.23. The highest BCUT2D eigenvalue weighted by Crippen LogP contribution is 2.27. The zero-order chi connectivity index (χ0) is 14.8. The number of aromatic nitrogens is 1. The Hall–Kier alpha value is -2.35. The number of rotatable bonds is 3. The van der Waals surface area contributed by atoms with E-state index in [9.17, 15) is 0 Å². The quantitative estimate of drug-likeness (QED) is 0.692. The van der Waals surface area contributed by atoms with Crippen LogP contribution >= 0.6 is 0 Å². The van der Waals surface area contributed by atoms with Gasteiger partial charge in [-0.3, -0.25) is 4.98 Å². The first-order valence-electron chi connectivity index (χ1n) is 7.19. The summed E-state index contributed by atoms with van der Waals surface area (Å²) in [5.41, 5.74) is 4.69. The van der Waals surface area contributed by atoms with Crippen LogP contribution in [-0.2, 0) is 0 Å². The lowest BCUT2D eigenvalue weighted by molar-refractivity contribution is 0.414. The van der Waals surface area contributed by atoms with Crippen LogP contribution in [-0.4, -0.2) is 12.1 Å². The maximum absolute atomic E-state index is 5.22. The molecule has 2 nitrogen and oxygen atoms in total. The molecular weight excluding hydrogens is 258 g/mol. The molecule has 0 fully saturated rings. The molecule has 3 aromatic rings. The van der Waals surface area contributed by atoms with Gasteiger partial charge < -0.3 is 4.74 Å². The van der Waals surface area contributed by atoms with Crippen molar-refractivity contribution in [3.63, 3.8) is 0 Å². The Morgan fingerprint density at radius 2 is 1.71 bits per heavy atom. The van der Waals surface area contributed by atoms with E-state index in [2.05, 4.69) is 50.2 Å². The third-order valence-corrected chi connectivity index (χ3v) is 4.00. The molecular formula is C19H19NO. The van der Waals surface area contributed by atoms with Crippen molar-refractivity contribution in [1.82, 2.24) is 4.98 Å². The third kappa shape index (κ3) is 2.62. The zero-order valence-corrected chi connectivity index (χ0v) is 12.6. The van der Waals surface area contributed by atoms with E-state index in [1.54, 1.807) is 7.11 Å². The second-order valence-corrected chi connectivity index (χ2v) is 5.38. The van der Waals surface area contributed by atoms with Gasteiger partial charge in [-0.15, -0.1) is 0 Å². The highest BCUT2D eigenvalue weighted by Gasteiger charge is 2.12. The number of nitrogens with zero attached hydrogens (tertiary/aromatic N) is 1. The van der Waals surface area contributed by atoms with Gasteiger partial charge in [0.25, 0.3) is 0 Å². The van der Waals surface area contributed by atoms with Crippen LogP contribution < -0.4 is 4.74 Å². The standard InChI is InChI=1S/C19H19NO/c1-13-12-19(20-18-7-5-4-6-17(13)18)14(2)15-8-10-16(21-3)11-9-15/h4-12,14H,1-3H3. The predicted molar refractivity (Wildman–Crippen MR) is 87.0 cm³/mol. The second kappa shape index (κ2) is 5.57. The van der Waals surface area contributed by atoms with Crippen molar-refractivity contribution < 1.29 is 4.74 Å². The summed E-state index contributed by atoms with van der Waals surface area (Å²) in [6.45, 7) is 4.34. The Morgan fingerprint density at radius 3 is 2.43 bits per heavy atom. The molecule has 0 bridgehead atoms. The van der Waals surface area contributed by atoms with Gasteiger partial charge in [0.2, 0.25) is 0 Å². The van der Waals surface area contributed by atoms with E-state index >= 15 is 0 Å². The Balaban J connectivity index is 2.02. The Labute approximate surface area is 125 Å². The van der Waals surface area contributed by atoms with Crippen molar-refractivity contribution in [2.75, 3.05) is 7.11 Å². The maximum Gasteiger partial charge on any atom is 0.118 e. The molecule has 0 amide bonds. The lowest BCUT2D eigenvalue weighted by Crippen LogP contribution is -2.00. The van der Waals surface area contributed by atoms with Crippen molar-refractivity contribution in [1.29, 1.82) is 0 Å². The van der Waals surface area contributed by atoms with Crippen LogP contribution in [0.1, 0.15) is 29.7 Å². The van der Waals surface area contributed by atoms with Gasteiger partial charge in [0.1, 0.15) is 5.75 Å². The number of aryl methyl sites for hydroxylation is 1. The highest BCUT2D eigenvalue weighted by atomic mass is 16.5. The molecule has 106 valence electrons. The monoisotopic (exact) mass is 277 g/mol.